The highest BCUT2D eigenvalue weighted by Gasteiger charge is 2.27. The van der Waals surface area contributed by atoms with Crippen molar-refractivity contribution in [3.8, 4) is 28.7 Å². The number of hydrogen-bond donors (Lipinski definition) is 2. The summed E-state index contributed by atoms with van der Waals surface area (Å²) in [5.74, 6) is 3.76. The van der Waals surface area contributed by atoms with Crippen molar-refractivity contribution in [3.63, 3.8) is 0 Å². The fourth-order valence-electron chi connectivity index (χ4n) is 4.25. The van der Waals surface area contributed by atoms with Crippen LogP contribution in [0.2, 0.25) is 0 Å². The number of aromatic nitrogens is 2. The number of ether oxygens (including phenoxy) is 5. The summed E-state index contributed by atoms with van der Waals surface area (Å²) in [5, 5.41) is 14.0. The number of fused-ring (bicyclic) bond motifs is 1. The summed E-state index contributed by atoms with van der Waals surface area (Å²) in [6.45, 7) is 0.816. The smallest absolute Gasteiger partial charge is 0.228 e. The number of hydrogen-bond acceptors (Lipinski definition) is 10. The van der Waals surface area contributed by atoms with E-state index in [1.165, 1.54) is 0 Å². The Morgan fingerprint density at radius 1 is 0.882 bits per heavy atom. The fraction of sp³-hybridized carbons (Fsp3) is 0.417. The molecule has 0 radical (unpaired) electrons. The molecule has 4 rings (SSSR count). The number of benzene rings is 2. The maximum absolute atomic E-state index is 9.84. The molecule has 1 atom stereocenters. The highest BCUT2D eigenvalue weighted by molar-refractivity contribution is 5.94. The third-order valence-corrected chi connectivity index (χ3v) is 5.96. The Morgan fingerprint density at radius 3 is 2.12 bits per heavy atom. The van der Waals surface area contributed by atoms with Gasteiger partial charge in [0.25, 0.3) is 0 Å². The molecule has 0 saturated carbocycles. The van der Waals surface area contributed by atoms with Crippen molar-refractivity contribution in [2.45, 2.75) is 18.9 Å². The Bertz CT molecular complexity index is 1150. The number of nitrogens with zero attached hydrogens (tertiary/aromatic N) is 3. The second-order valence-corrected chi connectivity index (χ2v) is 7.81. The second-order valence-electron chi connectivity index (χ2n) is 7.81. The average molecular weight is 471 g/mol. The number of nitrogens with one attached hydrogen (secondary N) is 1. The first-order chi connectivity index (χ1) is 16.6. The molecular formula is C24H30N4O6. The largest absolute Gasteiger partial charge is 0.493 e. The van der Waals surface area contributed by atoms with Crippen molar-refractivity contribution >= 4 is 28.4 Å². The number of rotatable bonds is 9. The van der Waals surface area contributed by atoms with Gasteiger partial charge in [-0.3, -0.25) is 0 Å². The summed E-state index contributed by atoms with van der Waals surface area (Å²) >= 11 is 0. The first kappa shape index (κ1) is 23.5. The van der Waals surface area contributed by atoms with Gasteiger partial charge in [-0.1, -0.05) is 0 Å². The van der Waals surface area contributed by atoms with Crippen LogP contribution in [0.5, 0.6) is 28.7 Å². The first-order valence-electron chi connectivity index (χ1n) is 10.9. The monoisotopic (exact) mass is 470 g/mol. The third-order valence-electron chi connectivity index (χ3n) is 5.96. The summed E-state index contributed by atoms with van der Waals surface area (Å²) in [5.41, 5.74) is 1.37. The fourth-order valence-corrected chi connectivity index (χ4v) is 4.25. The van der Waals surface area contributed by atoms with Gasteiger partial charge < -0.3 is 39.0 Å². The summed E-state index contributed by atoms with van der Waals surface area (Å²) in [4.78, 5) is 11.7. The van der Waals surface area contributed by atoms with Crippen molar-refractivity contribution in [3.05, 3.63) is 24.3 Å². The molecule has 1 fully saturated rings. The number of anilines is 3. The molecule has 34 heavy (non-hydrogen) atoms. The van der Waals surface area contributed by atoms with Crippen molar-refractivity contribution in [1.29, 1.82) is 0 Å². The lowest BCUT2D eigenvalue weighted by atomic mass is 10.2. The van der Waals surface area contributed by atoms with Gasteiger partial charge in [-0.2, -0.15) is 4.98 Å². The number of aliphatic hydroxyl groups excluding tert-OH is 1. The SMILES string of the molecule is COc1cc2nc(N3CCCC3CO)nc(Nc3cc(OC)c(OC)c(OC)c3)c2cc1OC. The Hall–Kier alpha value is -3.66. The van der Waals surface area contributed by atoms with E-state index in [-0.39, 0.29) is 12.6 Å². The molecule has 10 heteroatoms. The van der Waals surface area contributed by atoms with E-state index in [0.29, 0.717) is 51.7 Å². The van der Waals surface area contributed by atoms with Gasteiger partial charge in [0.05, 0.1) is 53.7 Å². The maximum Gasteiger partial charge on any atom is 0.228 e. The van der Waals surface area contributed by atoms with E-state index in [9.17, 15) is 5.11 Å². The Labute approximate surface area is 198 Å². The molecule has 182 valence electrons. The van der Waals surface area contributed by atoms with Gasteiger partial charge in [0.1, 0.15) is 5.82 Å². The molecule has 2 N–H and O–H groups in total. The molecule has 2 heterocycles. The van der Waals surface area contributed by atoms with E-state index in [2.05, 4.69) is 5.32 Å². The molecule has 1 aromatic heterocycles. The molecule has 1 aliphatic heterocycles. The van der Waals surface area contributed by atoms with Crippen LogP contribution in [-0.2, 0) is 0 Å². The highest BCUT2D eigenvalue weighted by Crippen LogP contribution is 2.42. The van der Waals surface area contributed by atoms with Crippen molar-refractivity contribution in [2.24, 2.45) is 0 Å². The van der Waals surface area contributed by atoms with E-state index in [1.807, 2.05) is 29.2 Å². The van der Waals surface area contributed by atoms with Gasteiger partial charge in [-0.25, -0.2) is 4.98 Å². The normalized spacial score (nSPS) is 15.4. The summed E-state index contributed by atoms with van der Waals surface area (Å²) in [6, 6.07) is 7.26. The molecule has 0 spiro atoms. The molecule has 0 amide bonds. The standard InChI is InChI=1S/C24H30N4O6/c1-30-18-11-16-17(12-19(18)31-2)26-24(28-8-6-7-15(28)13-29)27-23(16)25-14-9-20(32-3)22(34-5)21(10-14)33-4/h9-12,15,29H,6-8,13H2,1-5H3,(H,25,26,27). The van der Waals surface area contributed by atoms with E-state index < -0.39 is 0 Å². The molecule has 10 nitrogen and oxygen atoms in total. The van der Waals surface area contributed by atoms with Crippen LogP contribution in [0.3, 0.4) is 0 Å². The number of aliphatic hydroxyl groups is 1. The first-order valence-corrected chi connectivity index (χ1v) is 10.9. The van der Waals surface area contributed by atoms with Gasteiger partial charge in [0.15, 0.2) is 23.0 Å². The molecule has 1 unspecified atom stereocenters. The van der Waals surface area contributed by atoms with E-state index in [4.69, 9.17) is 33.7 Å². The van der Waals surface area contributed by atoms with Gasteiger partial charge in [0.2, 0.25) is 11.7 Å². The highest BCUT2D eigenvalue weighted by atomic mass is 16.5. The van der Waals surface area contributed by atoms with Crippen LogP contribution in [-0.4, -0.2) is 69.8 Å². The third kappa shape index (κ3) is 4.28. The van der Waals surface area contributed by atoms with Gasteiger partial charge >= 0.3 is 0 Å². The van der Waals surface area contributed by atoms with Crippen LogP contribution in [0.4, 0.5) is 17.5 Å². The molecule has 1 saturated heterocycles. The second kappa shape index (κ2) is 10.1. The lowest BCUT2D eigenvalue weighted by Gasteiger charge is -2.24. The Balaban J connectivity index is 1.88. The van der Waals surface area contributed by atoms with E-state index >= 15 is 0 Å². The van der Waals surface area contributed by atoms with Crippen LogP contribution in [0, 0.1) is 0 Å². The van der Waals surface area contributed by atoms with Crippen LogP contribution >= 0.6 is 0 Å². The lowest BCUT2D eigenvalue weighted by Crippen LogP contribution is -2.33. The maximum atomic E-state index is 9.84. The Kier molecular flexibility index (Phi) is 6.97. The molecule has 0 bridgehead atoms. The predicted molar refractivity (Wildman–Crippen MR) is 129 cm³/mol. The summed E-state index contributed by atoms with van der Waals surface area (Å²) < 4.78 is 27.4. The van der Waals surface area contributed by atoms with Crippen LogP contribution in [0.15, 0.2) is 24.3 Å². The summed E-state index contributed by atoms with van der Waals surface area (Å²) in [7, 11) is 7.87. The van der Waals surface area contributed by atoms with Gasteiger partial charge in [0, 0.05) is 35.8 Å². The average Bonchev–Trinajstić information content (AvgIpc) is 3.36. The van der Waals surface area contributed by atoms with Crippen molar-refractivity contribution in [1.82, 2.24) is 9.97 Å². The van der Waals surface area contributed by atoms with Crippen LogP contribution in [0.25, 0.3) is 10.9 Å². The molecule has 0 aliphatic carbocycles. The molecule has 1 aliphatic rings. The minimum atomic E-state index is -0.0216. The van der Waals surface area contributed by atoms with Gasteiger partial charge in [-0.15, -0.1) is 0 Å². The lowest BCUT2D eigenvalue weighted by molar-refractivity contribution is 0.265. The minimum absolute atomic E-state index is 0.0216. The van der Waals surface area contributed by atoms with Gasteiger partial charge in [-0.05, 0) is 18.9 Å². The number of methoxy groups -OCH3 is 5. The predicted octanol–water partition coefficient (Wildman–Crippen LogP) is 3.38. The quantitative estimate of drug-likeness (QED) is 0.483. The zero-order valence-corrected chi connectivity index (χ0v) is 20.0. The Morgan fingerprint density at radius 2 is 1.53 bits per heavy atom. The van der Waals surface area contributed by atoms with Crippen LogP contribution < -0.4 is 33.9 Å². The molecule has 3 aromatic rings. The van der Waals surface area contributed by atoms with E-state index in [1.54, 1.807) is 35.5 Å². The topological polar surface area (TPSA) is 107 Å². The van der Waals surface area contributed by atoms with Crippen molar-refractivity contribution < 1.29 is 28.8 Å². The van der Waals surface area contributed by atoms with Crippen LogP contribution in [0.1, 0.15) is 12.8 Å². The minimum Gasteiger partial charge on any atom is -0.493 e. The zero-order valence-electron chi connectivity index (χ0n) is 20.0. The summed E-state index contributed by atoms with van der Waals surface area (Å²) in [6.07, 6.45) is 1.85. The van der Waals surface area contributed by atoms with Crippen molar-refractivity contribution in [2.75, 3.05) is 58.9 Å². The zero-order chi connectivity index (χ0) is 24.2. The molecule has 2 aromatic carbocycles. The van der Waals surface area contributed by atoms with E-state index in [0.717, 1.165) is 24.8 Å². The molecular weight excluding hydrogens is 440 g/mol.